The molecule has 0 saturated carbocycles. The van der Waals surface area contributed by atoms with Crippen molar-refractivity contribution in [2.24, 2.45) is 10.2 Å². The van der Waals surface area contributed by atoms with Gasteiger partial charge in [-0.25, -0.2) is 0 Å². The summed E-state index contributed by atoms with van der Waals surface area (Å²) in [6.07, 6.45) is 0. The highest BCUT2D eigenvalue weighted by atomic mass is 15.1. The standard InChI is InChI=1S/C24H18N2/c1-3-9-19(10-4-1)21-13-7-15-23(17-21)25-26-24-16-8-14-22(18-24)20-11-5-2-6-12-20/h1-18H. The molecule has 0 saturated heterocycles. The van der Waals surface area contributed by atoms with Crippen LogP contribution in [0.2, 0.25) is 0 Å². The van der Waals surface area contributed by atoms with Gasteiger partial charge in [0, 0.05) is 0 Å². The minimum absolute atomic E-state index is 0.844. The van der Waals surface area contributed by atoms with Gasteiger partial charge < -0.3 is 0 Å². The molecule has 124 valence electrons. The maximum Gasteiger partial charge on any atom is 0.0863 e. The highest BCUT2D eigenvalue weighted by molar-refractivity contribution is 5.68. The van der Waals surface area contributed by atoms with Gasteiger partial charge in [-0.1, -0.05) is 84.9 Å². The van der Waals surface area contributed by atoms with Gasteiger partial charge in [0.05, 0.1) is 11.4 Å². The minimum atomic E-state index is 0.844. The molecule has 0 spiro atoms. The summed E-state index contributed by atoms with van der Waals surface area (Å²) in [4.78, 5) is 0. The Morgan fingerprint density at radius 2 is 0.731 bits per heavy atom. The van der Waals surface area contributed by atoms with E-state index in [0.29, 0.717) is 0 Å². The Hall–Kier alpha value is -3.52. The molecule has 0 atom stereocenters. The lowest BCUT2D eigenvalue weighted by Gasteiger charge is -2.03. The van der Waals surface area contributed by atoms with Crippen LogP contribution in [0.5, 0.6) is 0 Å². The first-order valence-electron chi connectivity index (χ1n) is 8.61. The highest BCUT2D eigenvalue weighted by Crippen LogP contribution is 2.27. The fourth-order valence-corrected chi connectivity index (χ4v) is 2.87. The first kappa shape index (κ1) is 16.0. The molecule has 0 N–H and O–H groups in total. The lowest BCUT2D eigenvalue weighted by Crippen LogP contribution is -1.76. The normalized spacial score (nSPS) is 10.9. The Morgan fingerprint density at radius 1 is 0.346 bits per heavy atom. The van der Waals surface area contributed by atoms with E-state index in [4.69, 9.17) is 0 Å². The van der Waals surface area contributed by atoms with Crippen molar-refractivity contribution in [2.45, 2.75) is 0 Å². The lowest BCUT2D eigenvalue weighted by atomic mass is 10.1. The maximum absolute atomic E-state index is 4.42. The van der Waals surface area contributed by atoms with E-state index in [2.05, 4.69) is 58.8 Å². The molecule has 0 heterocycles. The third-order valence-electron chi connectivity index (χ3n) is 4.19. The topological polar surface area (TPSA) is 24.7 Å². The van der Waals surface area contributed by atoms with Crippen LogP contribution < -0.4 is 0 Å². The zero-order valence-electron chi connectivity index (χ0n) is 14.3. The van der Waals surface area contributed by atoms with Crippen LogP contribution in [0, 0.1) is 0 Å². The van der Waals surface area contributed by atoms with Crippen LogP contribution in [0.4, 0.5) is 11.4 Å². The summed E-state index contributed by atoms with van der Waals surface area (Å²) in [6.45, 7) is 0. The molecule has 0 bridgehead atoms. The average molecular weight is 334 g/mol. The predicted octanol–water partition coefficient (Wildman–Crippen LogP) is 7.44. The fourth-order valence-electron chi connectivity index (χ4n) is 2.87. The third kappa shape index (κ3) is 3.76. The van der Waals surface area contributed by atoms with Gasteiger partial charge in [-0.15, -0.1) is 0 Å². The SMILES string of the molecule is c1ccc(-c2cccc(N=Nc3cccc(-c4ccccc4)c3)c2)cc1. The van der Waals surface area contributed by atoms with Gasteiger partial charge in [0.15, 0.2) is 0 Å². The number of benzene rings is 4. The summed E-state index contributed by atoms with van der Waals surface area (Å²) in [5.41, 5.74) is 6.32. The highest BCUT2D eigenvalue weighted by Gasteiger charge is 2.00. The molecule has 4 aromatic carbocycles. The number of azo groups is 1. The van der Waals surface area contributed by atoms with Crippen LogP contribution >= 0.6 is 0 Å². The number of hydrogen-bond donors (Lipinski definition) is 0. The molecule has 0 amide bonds. The molecular weight excluding hydrogens is 316 g/mol. The van der Waals surface area contributed by atoms with Gasteiger partial charge in [-0.3, -0.25) is 0 Å². The van der Waals surface area contributed by atoms with Gasteiger partial charge in [-0.05, 0) is 46.5 Å². The summed E-state index contributed by atoms with van der Waals surface area (Å²) in [5.74, 6) is 0. The molecule has 26 heavy (non-hydrogen) atoms. The second-order valence-corrected chi connectivity index (χ2v) is 6.03. The molecule has 2 nitrogen and oxygen atoms in total. The molecular formula is C24H18N2. The Balaban J connectivity index is 1.59. The summed E-state index contributed by atoms with van der Waals surface area (Å²) >= 11 is 0. The Kier molecular flexibility index (Phi) is 4.66. The van der Waals surface area contributed by atoms with Crippen LogP contribution in [0.15, 0.2) is 119 Å². The zero-order chi connectivity index (χ0) is 17.6. The quantitative estimate of drug-likeness (QED) is 0.346. The number of hydrogen-bond acceptors (Lipinski definition) is 2. The van der Waals surface area contributed by atoms with E-state index in [1.807, 2.05) is 60.7 Å². The molecule has 0 aliphatic heterocycles. The second kappa shape index (κ2) is 7.58. The lowest BCUT2D eigenvalue weighted by molar-refractivity contribution is 1.23. The smallest absolute Gasteiger partial charge is 0.0863 e. The van der Waals surface area contributed by atoms with E-state index in [9.17, 15) is 0 Å². The van der Waals surface area contributed by atoms with Crippen LogP contribution in [0.25, 0.3) is 22.3 Å². The molecule has 0 radical (unpaired) electrons. The van der Waals surface area contributed by atoms with E-state index in [1.165, 1.54) is 11.1 Å². The van der Waals surface area contributed by atoms with Gasteiger partial charge >= 0.3 is 0 Å². The molecule has 0 aliphatic rings. The van der Waals surface area contributed by atoms with E-state index in [-0.39, 0.29) is 0 Å². The molecule has 2 heteroatoms. The summed E-state index contributed by atoms with van der Waals surface area (Å²) < 4.78 is 0. The average Bonchev–Trinajstić information content (AvgIpc) is 2.74. The van der Waals surface area contributed by atoms with Crippen molar-refractivity contribution in [3.8, 4) is 22.3 Å². The second-order valence-electron chi connectivity index (χ2n) is 6.03. The van der Waals surface area contributed by atoms with Crippen molar-refractivity contribution in [1.82, 2.24) is 0 Å². The van der Waals surface area contributed by atoms with E-state index in [1.54, 1.807) is 0 Å². The maximum atomic E-state index is 4.42. The first-order chi connectivity index (χ1) is 12.9. The third-order valence-corrected chi connectivity index (χ3v) is 4.19. The van der Waals surface area contributed by atoms with Gasteiger partial charge in [0.1, 0.15) is 0 Å². The monoisotopic (exact) mass is 334 g/mol. The van der Waals surface area contributed by atoms with Crippen molar-refractivity contribution in [3.05, 3.63) is 109 Å². The Morgan fingerprint density at radius 3 is 1.15 bits per heavy atom. The van der Waals surface area contributed by atoms with Crippen LogP contribution in [0.3, 0.4) is 0 Å². The first-order valence-corrected chi connectivity index (χ1v) is 8.61. The van der Waals surface area contributed by atoms with Crippen molar-refractivity contribution in [2.75, 3.05) is 0 Å². The molecule has 4 rings (SSSR count). The van der Waals surface area contributed by atoms with Crippen molar-refractivity contribution >= 4 is 11.4 Å². The van der Waals surface area contributed by atoms with Crippen LogP contribution in [0.1, 0.15) is 0 Å². The van der Waals surface area contributed by atoms with Gasteiger partial charge in [0.2, 0.25) is 0 Å². The Bertz CT molecular complexity index is 937. The fraction of sp³-hybridized carbons (Fsp3) is 0. The number of nitrogens with zero attached hydrogens (tertiary/aromatic N) is 2. The van der Waals surface area contributed by atoms with Crippen molar-refractivity contribution < 1.29 is 0 Å². The van der Waals surface area contributed by atoms with Gasteiger partial charge in [0.25, 0.3) is 0 Å². The van der Waals surface area contributed by atoms with E-state index >= 15 is 0 Å². The summed E-state index contributed by atoms with van der Waals surface area (Å²) in [5, 5.41) is 8.84. The largest absolute Gasteiger partial charge is 0.151 e. The van der Waals surface area contributed by atoms with Crippen LogP contribution in [-0.4, -0.2) is 0 Å². The van der Waals surface area contributed by atoms with Crippen molar-refractivity contribution in [3.63, 3.8) is 0 Å². The minimum Gasteiger partial charge on any atom is -0.151 e. The molecule has 4 aromatic rings. The van der Waals surface area contributed by atoms with E-state index in [0.717, 1.165) is 22.5 Å². The summed E-state index contributed by atoms with van der Waals surface area (Å²) in [6, 6.07) is 36.8. The molecule has 0 unspecified atom stereocenters. The van der Waals surface area contributed by atoms with Gasteiger partial charge in [-0.2, -0.15) is 10.2 Å². The van der Waals surface area contributed by atoms with Crippen LogP contribution in [-0.2, 0) is 0 Å². The zero-order valence-corrected chi connectivity index (χ0v) is 14.3. The molecule has 0 aliphatic carbocycles. The number of rotatable bonds is 4. The molecule has 0 fully saturated rings. The predicted molar refractivity (Wildman–Crippen MR) is 108 cm³/mol. The van der Waals surface area contributed by atoms with Crippen molar-refractivity contribution in [1.29, 1.82) is 0 Å². The molecule has 0 aromatic heterocycles. The van der Waals surface area contributed by atoms with E-state index < -0.39 is 0 Å². The summed E-state index contributed by atoms with van der Waals surface area (Å²) in [7, 11) is 0. The Labute approximate surface area is 153 Å².